The first-order valence-corrected chi connectivity index (χ1v) is 7.02. The molecule has 1 heterocycles. The fourth-order valence-corrected chi connectivity index (χ4v) is 2.39. The highest BCUT2D eigenvalue weighted by Gasteiger charge is 2.33. The summed E-state index contributed by atoms with van der Waals surface area (Å²) in [6, 6.07) is 7.62. The summed E-state index contributed by atoms with van der Waals surface area (Å²) in [5.74, 6) is -0.225. The van der Waals surface area contributed by atoms with Crippen LogP contribution < -0.4 is 5.32 Å². The van der Waals surface area contributed by atoms with E-state index in [0.29, 0.717) is 19.5 Å². The lowest BCUT2D eigenvalue weighted by molar-refractivity contribution is -0.128. The zero-order valence-corrected chi connectivity index (χ0v) is 12.3. The summed E-state index contributed by atoms with van der Waals surface area (Å²) in [4.78, 5) is 25.3. The Morgan fingerprint density at radius 3 is 2.67 bits per heavy atom. The Bertz CT molecular complexity index is 459. The standard InChI is InChI=1S/C13H15IN2O2/c1-2-16-8-9(7-12(16)17)13(18)15-11-5-3-10(14)4-6-11/h3-6,9H,2,7-8H2,1H3,(H,15,18)/t9-/m1/s1. The van der Waals surface area contributed by atoms with Crippen LogP contribution in [0.2, 0.25) is 0 Å². The third kappa shape index (κ3) is 3.01. The maximum Gasteiger partial charge on any atom is 0.229 e. The van der Waals surface area contributed by atoms with Gasteiger partial charge in [-0.2, -0.15) is 0 Å². The normalized spacial score (nSPS) is 19.1. The van der Waals surface area contributed by atoms with Gasteiger partial charge in [0.25, 0.3) is 0 Å². The Balaban J connectivity index is 1.97. The molecular formula is C13H15IN2O2. The van der Waals surface area contributed by atoms with Crippen LogP contribution in [0.3, 0.4) is 0 Å². The molecule has 5 heteroatoms. The summed E-state index contributed by atoms with van der Waals surface area (Å²) in [6.45, 7) is 3.13. The molecule has 1 atom stereocenters. The molecule has 0 radical (unpaired) electrons. The van der Waals surface area contributed by atoms with Crippen LogP contribution in [0, 0.1) is 9.49 Å². The lowest BCUT2D eigenvalue weighted by Gasteiger charge is -2.13. The van der Waals surface area contributed by atoms with Crippen molar-refractivity contribution in [3.63, 3.8) is 0 Å². The Hall–Kier alpha value is -1.11. The van der Waals surface area contributed by atoms with Crippen molar-refractivity contribution in [3.8, 4) is 0 Å². The van der Waals surface area contributed by atoms with Crippen LogP contribution in [-0.2, 0) is 9.59 Å². The molecule has 1 fully saturated rings. The summed E-state index contributed by atoms with van der Waals surface area (Å²) in [6.07, 6.45) is 0.323. The number of amides is 2. The number of carbonyl (C=O) groups is 2. The number of carbonyl (C=O) groups excluding carboxylic acids is 2. The van der Waals surface area contributed by atoms with Crippen LogP contribution in [0.5, 0.6) is 0 Å². The van der Waals surface area contributed by atoms with Crippen LogP contribution in [-0.4, -0.2) is 29.8 Å². The Kier molecular flexibility index (Phi) is 4.21. The lowest BCUT2D eigenvalue weighted by atomic mass is 10.1. The monoisotopic (exact) mass is 358 g/mol. The second-order valence-corrected chi connectivity index (χ2v) is 5.58. The zero-order valence-electron chi connectivity index (χ0n) is 10.1. The second-order valence-electron chi connectivity index (χ2n) is 4.33. The maximum atomic E-state index is 12.0. The molecule has 1 N–H and O–H groups in total. The highest BCUT2D eigenvalue weighted by molar-refractivity contribution is 14.1. The van der Waals surface area contributed by atoms with Gasteiger partial charge in [0.1, 0.15) is 0 Å². The summed E-state index contributed by atoms with van der Waals surface area (Å²) in [5, 5.41) is 2.86. The molecule has 1 saturated heterocycles. The summed E-state index contributed by atoms with van der Waals surface area (Å²) < 4.78 is 1.12. The second kappa shape index (κ2) is 5.69. The Morgan fingerprint density at radius 2 is 2.11 bits per heavy atom. The first-order valence-electron chi connectivity index (χ1n) is 5.94. The molecule has 1 aromatic carbocycles. The molecule has 1 aliphatic heterocycles. The number of nitrogens with one attached hydrogen (secondary N) is 1. The van der Waals surface area contributed by atoms with E-state index in [1.165, 1.54) is 0 Å². The summed E-state index contributed by atoms with van der Waals surface area (Å²) in [5.41, 5.74) is 0.780. The molecule has 0 aromatic heterocycles. The minimum Gasteiger partial charge on any atom is -0.342 e. The molecule has 96 valence electrons. The van der Waals surface area contributed by atoms with Crippen molar-refractivity contribution in [2.24, 2.45) is 5.92 Å². The SMILES string of the molecule is CCN1C[C@H](C(=O)Nc2ccc(I)cc2)CC1=O. The molecule has 0 unspecified atom stereocenters. The molecule has 1 aromatic rings. The van der Waals surface area contributed by atoms with Crippen LogP contribution in [0.1, 0.15) is 13.3 Å². The van der Waals surface area contributed by atoms with Crippen molar-refractivity contribution in [3.05, 3.63) is 27.8 Å². The van der Waals surface area contributed by atoms with Gasteiger partial charge in [-0.1, -0.05) is 0 Å². The van der Waals surface area contributed by atoms with Gasteiger partial charge in [-0.3, -0.25) is 9.59 Å². The Morgan fingerprint density at radius 1 is 1.44 bits per heavy atom. The lowest BCUT2D eigenvalue weighted by Crippen LogP contribution is -2.28. The number of likely N-dealkylation sites (tertiary alicyclic amines) is 1. The molecule has 4 nitrogen and oxygen atoms in total. The predicted octanol–water partition coefficient (Wildman–Crippen LogP) is 2.10. The molecule has 0 aliphatic carbocycles. The molecule has 2 amide bonds. The van der Waals surface area contributed by atoms with Crippen molar-refractivity contribution in [2.75, 3.05) is 18.4 Å². The zero-order chi connectivity index (χ0) is 13.1. The predicted molar refractivity (Wildman–Crippen MR) is 78.1 cm³/mol. The molecule has 0 spiro atoms. The van der Waals surface area contributed by atoms with Crippen LogP contribution >= 0.6 is 22.6 Å². The van der Waals surface area contributed by atoms with Crippen molar-refractivity contribution < 1.29 is 9.59 Å². The average Bonchev–Trinajstić information content (AvgIpc) is 2.73. The van der Waals surface area contributed by atoms with Gasteiger partial charge in [-0.25, -0.2) is 0 Å². The number of hydrogen-bond donors (Lipinski definition) is 1. The minimum absolute atomic E-state index is 0.0690. The van der Waals surface area contributed by atoms with Gasteiger partial charge in [0, 0.05) is 28.8 Å². The average molecular weight is 358 g/mol. The van der Waals surface area contributed by atoms with Crippen LogP contribution in [0.4, 0.5) is 5.69 Å². The molecule has 1 aliphatic rings. The van der Waals surface area contributed by atoms with Gasteiger partial charge in [0.15, 0.2) is 0 Å². The number of nitrogens with zero attached hydrogens (tertiary/aromatic N) is 1. The minimum atomic E-state index is -0.225. The summed E-state index contributed by atoms with van der Waals surface area (Å²) in [7, 11) is 0. The van der Waals surface area contributed by atoms with Gasteiger partial charge >= 0.3 is 0 Å². The maximum absolute atomic E-state index is 12.0. The molecule has 0 saturated carbocycles. The van der Waals surface area contributed by atoms with Crippen LogP contribution in [0.25, 0.3) is 0 Å². The number of rotatable bonds is 3. The highest BCUT2D eigenvalue weighted by atomic mass is 127. The van der Waals surface area contributed by atoms with Crippen LogP contribution in [0.15, 0.2) is 24.3 Å². The first-order chi connectivity index (χ1) is 8.60. The van der Waals surface area contributed by atoms with Gasteiger partial charge < -0.3 is 10.2 Å². The summed E-state index contributed by atoms with van der Waals surface area (Å²) >= 11 is 2.21. The van der Waals surface area contributed by atoms with E-state index in [9.17, 15) is 9.59 Å². The number of anilines is 1. The van der Waals surface area contributed by atoms with E-state index in [1.807, 2.05) is 31.2 Å². The van der Waals surface area contributed by atoms with E-state index < -0.39 is 0 Å². The van der Waals surface area contributed by atoms with E-state index in [0.717, 1.165) is 9.26 Å². The number of benzene rings is 1. The fraction of sp³-hybridized carbons (Fsp3) is 0.385. The Labute approximate surface area is 120 Å². The van der Waals surface area contributed by atoms with Crippen molar-refractivity contribution >= 4 is 40.1 Å². The van der Waals surface area contributed by atoms with Gasteiger partial charge in [0.2, 0.25) is 11.8 Å². The van der Waals surface area contributed by atoms with Crippen molar-refractivity contribution in [2.45, 2.75) is 13.3 Å². The third-order valence-corrected chi connectivity index (χ3v) is 3.80. The quantitative estimate of drug-likeness (QED) is 0.842. The first kappa shape index (κ1) is 13.3. The number of halogens is 1. The van der Waals surface area contributed by atoms with Gasteiger partial charge in [-0.15, -0.1) is 0 Å². The number of hydrogen-bond acceptors (Lipinski definition) is 2. The van der Waals surface area contributed by atoms with Gasteiger partial charge in [-0.05, 0) is 53.8 Å². The molecular weight excluding hydrogens is 343 g/mol. The van der Waals surface area contributed by atoms with E-state index in [-0.39, 0.29) is 17.7 Å². The highest BCUT2D eigenvalue weighted by Crippen LogP contribution is 2.20. The largest absolute Gasteiger partial charge is 0.342 e. The molecule has 2 rings (SSSR count). The van der Waals surface area contributed by atoms with E-state index in [2.05, 4.69) is 27.9 Å². The molecule has 18 heavy (non-hydrogen) atoms. The fourth-order valence-electron chi connectivity index (χ4n) is 2.03. The van der Waals surface area contributed by atoms with E-state index >= 15 is 0 Å². The van der Waals surface area contributed by atoms with E-state index in [4.69, 9.17) is 0 Å². The van der Waals surface area contributed by atoms with E-state index in [1.54, 1.807) is 4.90 Å². The third-order valence-electron chi connectivity index (χ3n) is 3.08. The van der Waals surface area contributed by atoms with Crippen molar-refractivity contribution in [1.29, 1.82) is 0 Å². The van der Waals surface area contributed by atoms with Gasteiger partial charge in [0.05, 0.1) is 5.92 Å². The van der Waals surface area contributed by atoms with Crippen molar-refractivity contribution in [1.82, 2.24) is 4.90 Å². The smallest absolute Gasteiger partial charge is 0.229 e. The topological polar surface area (TPSA) is 49.4 Å². The molecule has 0 bridgehead atoms.